The Labute approximate surface area is 192 Å². The molecule has 1 fully saturated rings. The van der Waals surface area contributed by atoms with E-state index >= 15 is 0 Å². The highest BCUT2D eigenvalue weighted by molar-refractivity contribution is 5.84. The van der Waals surface area contributed by atoms with E-state index in [0.29, 0.717) is 28.7 Å². The lowest BCUT2D eigenvalue weighted by Gasteiger charge is -2.33. The maximum Gasteiger partial charge on any atom is 0.274 e. The van der Waals surface area contributed by atoms with E-state index in [-0.39, 0.29) is 11.1 Å². The SMILES string of the molecule is CNC1CCN(c2cc(-c3ccc(C#N)c(F)c3)c(-c3ccc(OC)cc3)n(C)c2=O)CC1. The molecule has 33 heavy (non-hydrogen) atoms. The van der Waals surface area contributed by atoms with E-state index in [1.165, 1.54) is 12.1 Å². The van der Waals surface area contributed by atoms with Crippen molar-refractivity contribution in [3.05, 3.63) is 70.3 Å². The number of nitrogens with one attached hydrogen (secondary N) is 1. The molecule has 7 heteroatoms. The predicted molar refractivity (Wildman–Crippen MR) is 128 cm³/mol. The molecule has 0 saturated carbocycles. The van der Waals surface area contributed by atoms with Gasteiger partial charge in [-0.25, -0.2) is 4.39 Å². The van der Waals surface area contributed by atoms with Gasteiger partial charge in [0.2, 0.25) is 0 Å². The molecule has 1 saturated heterocycles. The molecule has 0 aliphatic carbocycles. The third kappa shape index (κ3) is 4.35. The second-order valence-electron chi connectivity index (χ2n) is 8.24. The number of halogens is 1. The zero-order valence-corrected chi connectivity index (χ0v) is 19.1. The van der Waals surface area contributed by atoms with Crippen LogP contribution in [0.15, 0.2) is 53.3 Å². The average Bonchev–Trinajstić information content (AvgIpc) is 2.85. The van der Waals surface area contributed by atoms with Crippen molar-refractivity contribution in [1.29, 1.82) is 5.26 Å². The summed E-state index contributed by atoms with van der Waals surface area (Å²) in [7, 11) is 5.30. The average molecular weight is 447 g/mol. The fourth-order valence-corrected chi connectivity index (χ4v) is 4.45. The maximum atomic E-state index is 14.6. The quantitative estimate of drug-likeness (QED) is 0.643. The van der Waals surface area contributed by atoms with Crippen molar-refractivity contribution in [3.63, 3.8) is 0 Å². The van der Waals surface area contributed by atoms with Crippen LogP contribution in [0.5, 0.6) is 5.75 Å². The highest BCUT2D eigenvalue weighted by Crippen LogP contribution is 2.35. The maximum absolute atomic E-state index is 14.6. The van der Waals surface area contributed by atoms with Gasteiger partial charge in [-0.05, 0) is 73.5 Å². The van der Waals surface area contributed by atoms with Gasteiger partial charge in [-0.3, -0.25) is 4.79 Å². The summed E-state index contributed by atoms with van der Waals surface area (Å²) in [6, 6.07) is 16.2. The Kier molecular flexibility index (Phi) is 6.47. The number of anilines is 1. The van der Waals surface area contributed by atoms with E-state index in [0.717, 1.165) is 37.1 Å². The fourth-order valence-electron chi connectivity index (χ4n) is 4.45. The minimum Gasteiger partial charge on any atom is -0.497 e. The van der Waals surface area contributed by atoms with Crippen molar-refractivity contribution in [1.82, 2.24) is 9.88 Å². The molecule has 1 aliphatic rings. The summed E-state index contributed by atoms with van der Waals surface area (Å²) in [5.74, 6) is 0.125. The number of aromatic nitrogens is 1. The molecule has 6 nitrogen and oxygen atoms in total. The zero-order valence-electron chi connectivity index (χ0n) is 19.1. The summed E-state index contributed by atoms with van der Waals surface area (Å²) in [4.78, 5) is 15.6. The van der Waals surface area contributed by atoms with Gasteiger partial charge in [-0.2, -0.15) is 5.26 Å². The lowest BCUT2D eigenvalue weighted by atomic mass is 9.96. The summed E-state index contributed by atoms with van der Waals surface area (Å²) >= 11 is 0. The van der Waals surface area contributed by atoms with Crippen LogP contribution in [0.2, 0.25) is 0 Å². The van der Waals surface area contributed by atoms with Crippen LogP contribution in [0.4, 0.5) is 10.1 Å². The number of hydrogen-bond acceptors (Lipinski definition) is 5. The lowest BCUT2D eigenvalue weighted by molar-refractivity contribution is 0.415. The Morgan fingerprint density at radius 2 is 1.76 bits per heavy atom. The largest absolute Gasteiger partial charge is 0.497 e. The lowest BCUT2D eigenvalue weighted by Crippen LogP contribution is -2.43. The van der Waals surface area contributed by atoms with Crippen LogP contribution in [0.1, 0.15) is 18.4 Å². The highest BCUT2D eigenvalue weighted by atomic mass is 19.1. The summed E-state index contributed by atoms with van der Waals surface area (Å²) in [5.41, 5.74) is 3.33. The minimum atomic E-state index is -0.582. The number of nitriles is 1. The molecule has 4 rings (SSSR count). The second-order valence-corrected chi connectivity index (χ2v) is 8.24. The Morgan fingerprint density at radius 3 is 2.33 bits per heavy atom. The van der Waals surface area contributed by atoms with E-state index in [2.05, 4.69) is 10.2 Å². The molecule has 2 heterocycles. The number of benzene rings is 2. The van der Waals surface area contributed by atoms with Gasteiger partial charge >= 0.3 is 0 Å². The summed E-state index contributed by atoms with van der Waals surface area (Å²) in [6.07, 6.45) is 1.89. The van der Waals surface area contributed by atoms with Crippen LogP contribution in [-0.2, 0) is 7.05 Å². The number of pyridine rings is 1. The monoisotopic (exact) mass is 446 g/mol. The van der Waals surface area contributed by atoms with Gasteiger partial charge < -0.3 is 19.5 Å². The van der Waals surface area contributed by atoms with Crippen molar-refractivity contribution >= 4 is 5.69 Å². The molecule has 1 aromatic heterocycles. The molecule has 0 atom stereocenters. The van der Waals surface area contributed by atoms with Gasteiger partial charge in [-0.1, -0.05) is 6.07 Å². The van der Waals surface area contributed by atoms with E-state index in [1.54, 1.807) is 24.8 Å². The Hall–Kier alpha value is -3.63. The Bertz CT molecular complexity index is 1250. The molecule has 0 amide bonds. The first kappa shape index (κ1) is 22.6. The molecule has 170 valence electrons. The summed E-state index contributed by atoms with van der Waals surface area (Å²) < 4.78 is 21.5. The molecule has 0 unspecified atom stereocenters. The molecule has 1 N–H and O–H groups in total. The van der Waals surface area contributed by atoms with E-state index in [9.17, 15) is 9.18 Å². The Balaban J connectivity index is 1.90. The molecular formula is C26H27FN4O2. The number of nitrogens with zero attached hydrogens (tertiary/aromatic N) is 3. The van der Waals surface area contributed by atoms with Gasteiger partial charge in [0.15, 0.2) is 0 Å². The first-order valence-corrected chi connectivity index (χ1v) is 11.0. The number of methoxy groups -OCH3 is 1. The number of piperidine rings is 1. The Morgan fingerprint density at radius 1 is 1.09 bits per heavy atom. The van der Waals surface area contributed by atoms with Crippen molar-refractivity contribution < 1.29 is 9.13 Å². The topological polar surface area (TPSA) is 70.3 Å². The fraction of sp³-hybridized carbons (Fsp3) is 0.308. The number of ether oxygens (including phenoxy) is 1. The molecule has 3 aromatic rings. The van der Waals surface area contributed by atoms with Crippen molar-refractivity contribution in [2.24, 2.45) is 7.05 Å². The van der Waals surface area contributed by atoms with E-state index in [1.807, 2.05) is 43.4 Å². The molecular weight excluding hydrogens is 419 g/mol. The van der Waals surface area contributed by atoms with Crippen LogP contribution in [0, 0.1) is 17.1 Å². The highest BCUT2D eigenvalue weighted by Gasteiger charge is 2.24. The van der Waals surface area contributed by atoms with Gasteiger partial charge in [0.25, 0.3) is 5.56 Å². The van der Waals surface area contributed by atoms with Crippen LogP contribution >= 0.6 is 0 Å². The number of hydrogen-bond donors (Lipinski definition) is 1. The normalized spacial score (nSPS) is 14.2. The van der Waals surface area contributed by atoms with Gasteiger partial charge in [0.1, 0.15) is 23.3 Å². The van der Waals surface area contributed by atoms with Gasteiger partial charge in [0, 0.05) is 31.7 Å². The summed E-state index contributed by atoms with van der Waals surface area (Å²) in [6.45, 7) is 1.54. The molecule has 1 aliphatic heterocycles. The summed E-state index contributed by atoms with van der Waals surface area (Å²) in [5, 5.41) is 12.4. The molecule has 0 bridgehead atoms. The molecule has 0 radical (unpaired) electrons. The minimum absolute atomic E-state index is 0.0103. The first-order chi connectivity index (χ1) is 16.0. The number of rotatable bonds is 5. The zero-order chi connectivity index (χ0) is 23.5. The van der Waals surface area contributed by atoms with Crippen molar-refractivity contribution in [2.45, 2.75) is 18.9 Å². The first-order valence-electron chi connectivity index (χ1n) is 11.0. The predicted octanol–water partition coefficient (Wildman–Crippen LogP) is 3.93. The van der Waals surface area contributed by atoms with Crippen molar-refractivity contribution in [3.8, 4) is 34.2 Å². The van der Waals surface area contributed by atoms with Gasteiger partial charge in [-0.15, -0.1) is 0 Å². The smallest absolute Gasteiger partial charge is 0.274 e. The van der Waals surface area contributed by atoms with Crippen LogP contribution in [0.3, 0.4) is 0 Å². The van der Waals surface area contributed by atoms with Crippen LogP contribution in [0.25, 0.3) is 22.4 Å². The van der Waals surface area contributed by atoms with Gasteiger partial charge in [0.05, 0.1) is 18.4 Å². The molecule has 2 aromatic carbocycles. The van der Waals surface area contributed by atoms with Crippen molar-refractivity contribution in [2.75, 3.05) is 32.1 Å². The van der Waals surface area contributed by atoms with E-state index in [4.69, 9.17) is 10.00 Å². The molecule has 0 spiro atoms. The standard InChI is InChI=1S/C26H27FN4O2/c1-29-20-10-12-31(13-11-20)24-15-22(18-4-5-19(16-28)23(27)14-18)25(30(2)26(24)32)17-6-8-21(33-3)9-7-17/h4-9,14-15,20,29H,10-13H2,1-3H3. The van der Waals surface area contributed by atoms with E-state index < -0.39 is 5.82 Å². The third-order valence-electron chi connectivity index (χ3n) is 6.40. The third-order valence-corrected chi connectivity index (χ3v) is 6.40. The van der Waals surface area contributed by atoms with Crippen LogP contribution in [-0.4, -0.2) is 37.9 Å². The van der Waals surface area contributed by atoms with Crippen LogP contribution < -0.4 is 20.5 Å². The second kappa shape index (κ2) is 9.47.